The number of esters is 1. The van der Waals surface area contributed by atoms with Gasteiger partial charge >= 0.3 is 5.97 Å². The van der Waals surface area contributed by atoms with Crippen LogP contribution in [0.5, 0.6) is 0 Å². The van der Waals surface area contributed by atoms with Crippen molar-refractivity contribution < 1.29 is 9.53 Å². The van der Waals surface area contributed by atoms with Crippen molar-refractivity contribution in [1.82, 2.24) is 4.57 Å². The monoisotopic (exact) mass is 357 g/mol. The smallest absolute Gasteiger partial charge is 0.340 e. The maximum Gasteiger partial charge on any atom is 0.340 e. The Hall–Kier alpha value is -2.40. The van der Waals surface area contributed by atoms with Gasteiger partial charge in [-0.25, -0.2) is 4.79 Å². The number of carbonyl (C=O) groups excluding carboxylic acids is 1. The summed E-state index contributed by atoms with van der Waals surface area (Å²) in [6.07, 6.45) is 1.53. The van der Waals surface area contributed by atoms with Gasteiger partial charge in [-0.15, -0.1) is 0 Å². The summed E-state index contributed by atoms with van der Waals surface area (Å²) in [5, 5.41) is 1.07. The molecule has 0 amide bonds. The second kappa shape index (κ2) is 5.77. The maximum atomic E-state index is 12.7. The topological polar surface area (TPSA) is 48.3 Å². The lowest BCUT2D eigenvalue weighted by Gasteiger charge is -2.11. The third kappa shape index (κ3) is 2.44. The fourth-order valence-electron chi connectivity index (χ4n) is 2.36. The van der Waals surface area contributed by atoms with Crippen LogP contribution < -0.4 is 5.56 Å². The Kier molecular flexibility index (Phi) is 3.81. The van der Waals surface area contributed by atoms with E-state index in [1.165, 1.54) is 17.9 Å². The Morgan fingerprint density at radius 2 is 1.68 bits per heavy atom. The lowest BCUT2D eigenvalue weighted by atomic mass is 10.1. The van der Waals surface area contributed by atoms with Crippen molar-refractivity contribution in [3.63, 3.8) is 0 Å². The van der Waals surface area contributed by atoms with Crippen LogP contribution in [0.4, 0.5) is 0 Å². The molecule has 5 heteroatoms. The number of nitrogens with zero attached hydrogens (tertiary/aromatic N) is 1. The van der Waals surface area contributed by atoms with E-state index in [4.69, 9.17) is 4.74 Å². The molecule has 0 aliphatic rings. The highest BCUT2D eigenvalue weighted by Crippen LogP contribution is 2.19. The quantitative estimate of drug-likeness (QED) is 0.659. The van der Waals surface area contributed by atoms with Crippen LogP contribution >= 0.6 is 15.9 Å². The molecule has 4 nitrogen and oxygen atoms in total. The number of hydrogen-bond donors (Lipinski definition) is 0. The van der Waals surface area contributed by atoms with E-state index in [9.17, 15) is 9.59 Å². The van der Waals surface area contributed by atoms with Gasteiger partial charge in [-0.1, -0.05) is 34.1 Å². The highest BCUT2D eigenvalue weighted by atomic mass is 79.9. The largest absolute Gasteiger partial charge is 0.465 e. The summed E-state index contributed by atoms with van der Waals surface area (Å²) < 4.78 is 7.21. The molecule has 0 N–H and O–H groups in total. The second-order valence-corrected chi connectivity index (χ2v) is 5.65. The zero-order valence-electron chi connectivity index (χ0n) is 11.7. The third-order valence-corrected chi connectivity index (χ3v) is 3.96. The molecule has 3 rings (SSSR count). The molecule has 2 aromatic carbocycles. The summed E-state index contributed by atoms with van der Waals surface area (Å²) in [6.45, 7) is 0. The predicted octanol–water partition coefficient (Wildman–Crippen LogP) is 3.54. The first-order chi connectivity index (χ1) is 10.6. The summed E-state index contributed by atoms with van der Waals surface area (Å²) in [4.78, 5) is 24.7. The van der Waals surface area contributed by atoms with Crippen molar-refractivity contribution in [3.8, 4) is 5.69 Å². The summed E-state index contributed by atoms with van der Waals surface area (Å²) in [7, 11) is 1.33. The van der Waals surface area contributed by atoms with E-state index in [-0.39, 0.29) is 5.56 Å². The van der Waals surface area contributed by atoms with Crippen molar-refractivity contribution in [1.29, 1.82) is 0 Å². The van der Waals surface area contributed by atoms with Gasteiger partial charge in [0.1, 0.15) is 0 Å². The molecule has 0 spiro atoms. The minimum Gasteiger partial charge on any atom is -0.465 e. The number of hydrogen-bond acceptors (Lipinski definition) is 3. The molecule has 0 saturated heterocycles. The molecule has 3 aromatic rings. The van der Waals surface area contributed by atoms with Crippen LogP contribution in [0.15, 0.2) is 64.0 Å². The molecule has 0 aliphatic heterocycles. The van der Waals surface area contributed by atoms with E-state index in [0.29, 0.717) is 22.0 Å². The van der Waals surface area contributed by atoms with E-state index in [1.807, 2.05) is 12.1 Å². The summed E-state index contributed by atoms with van der Waals surface area (Å²) in [5.41, 5.74) is 0.871. The molecule has 1 heterocycles. The first-order valence-corrected chi connectivity index (χ1v) is 7.40. The lowest BCUT2D eigenvalue weighted by molar-refractivity contribution is 0.0602. The van der Waals surface area contributed by atoms with Crippen molar-refractivity contribution in [2.75, 3.05) is 7.11 Å². The summed E-state index contributed by atoms with van der Waals surface area (Å²) in [5.74, 6) is -0.470. The van der Waals surface area contributed by atoms with Gasteiger partial charge in [0.2, 0.25) is 0 Å². The van der Waals surface area contributed by atoms with Crippen LogP contribution in [0.1, 0.15) is 10.4 Å². The van der Waals surface area contributed by atoms with Crippen LogP contribution in [0.2, 0.25) is 0 Å². The van der Waals surface area contributed by atoms with E-state index < -0.39 is 5.97 Å². The minimum absolute atomic E-state index is 0.175. The molecule has 0 saturated carbocycles. The van der Waals surface area contributed by atoms with Crippen molar-refractivity contribution in [2.24, 2.45) is 0 Å². The Labute approximate surface area is 135 Å². The summed E-state index contributed by atoms with van der Waals surface area (Å²) >= 11 is 3.36. The van der Waals surface area contributed by atoms with Gasteiger partial charge in [0.05, 0.1) is 12.7 Å². The van der Waals surface area contributed by atoms with Gasteiger partial charge in [-0.2, -0.15) is 0 Å². The molecule has 0 aliphatic carbocycles. The lowest BCUT2D eigenvalue weighted by Crippen LogP contribution is -2.20. The summed E-state index contributed by atoms with van der Waals surface area (Å²) in [6, 6.07) is 14.3. The number of methoxy groups -OCH3 is 1. The normalized spacial score (nSPS) is 10.6. The first-order valence-electron chi connectivity index (χ1n) is 6.60. The standard InChI is InChI=1S/C17H12BrNO3/c1-22-17(21)15-10-19(12-8-6-11(18)7-9-12)16(20)14-5-3-2-4-13(14)15/h2-10H,1H3. The fourth-order valence-corrected chi connectivity index (χ4v) is 2.62. The average Bonchev–Trinajstić information content (AvgIpc) is 2.56. The molecule has 0 bridgehead atoms. The average molecular weight is 358 g/mol. The van der Waals surface area contributed by atoms with E-state index in [1.54, 1.807) is 36.4 Å². The van der Waals surface area contributed by atoms with Crippen molar-refractivity contribution >= 4 is 32.7 Å². The number of benzene rings is 2. The van der Waals surface area contributed by atoms with Crippen LogP contribution in [0, 0.1) is 0 Å². The van der Waals surface area contributed by atoms with Gasteiger partial charge in [-0.3, -0.25) is 9.36 Å². The van der Waals surface area contributed by atoms with Crippen molar-refractivity contribution in [2.45, 2.75) is 0 Å². The number of carbonyl (C=O) groups is 1. The Bertz CT molecular complexity index is 913. The Morgan fingerprint density at radius 1 is 1.05 bits per heavy atom. The van der Waals surface area contributed by atoms with Gasteiger partial charge in [0.25, 0.3) is 5.56 Å². The van der Waals surface area contributed by atoms with Gasteiger partial charge < -0.3 is 4.74 Å². The zero-order chi connectivity index (χ0) is 15.7. The number of halogens is 1. The SMILES string of the molecule is COC(=O)c1cn(-c2ccc(Br)cc2)c(=O)c2ccccc12. The molecular formula is C17H12BrNO3. The second-order valence-electron chi connectivity index (χ2n) is 4.73. The predicted molar refractivity (Wildman–Crippen MR) is 88.6 cm³/mol. The fraction of sp³-hybridized carbons (Fsp3) is 0.0588. The highest BCUT2D eigenvalue weighted by Gasteiger charge is 2.15. The maximum absolute atomic E-state index is 12.7. The van der Waals surface area contributed by atoms with Crippen LogP contribution in [-0.2, 0) is 4.74 Å². The van der Waals surface area contributed by atoms with Crippen molar-refractivity contribution in [3.05, 3.63) is 75.1 Å². The highest BCUT2D eigenvalue weighted by molar-refractivity contribution is 9.10. The first kappa shape index (κ1) is 14.5. The number of ether oxygens (including phenoxy) is 1. The Balaban J connectivity index is 2.36. The minimum atomic E-state index is -0.470. The number of rotatable bonds is 2. The van der Waals surface area contributed by atoms with E-state index >= 15 is 0 Å². The van der Waals surface area contributed by atoms with E-state index in [2.05, 4.69) is 15.9 Å². The van der Waals surface area contributed by atoms with Crippen LogP contribution in [0.3, 0.4) is 0 Å². The molecule has 0 radical (unpaired) electrons. The molecular weight excluding hydrogens is 346 g/mol. The van der Waals surface area contributed by atoms with Crippen LogP contribution in [0.25, 0.3) is 16.5 Å². The van der Waals surface area contributed by atoms with E-state index in [0.717, 1.165) is 4.47 Å². The zero-order valence-corrected chi connectivity index (χ0v) is 13.3. The molecule has 1 aromatic heterocycles. The third-order valence-electron chi connectivity index (χ3n) is 3.43. The molecule has 0 atom stereocenters. The van der Waals surface area contributed by atoms with Gasteiger partial charge in [0, 0.05) is 27.1 Å². The van der Waals surface area contributed by atoms with Gasteiger partial charge in [-0.05, 0) is 30.3 Å². The number of fused-ring (bicyclic) bond motifs is 1. The molecule has 110 valence electrons. The molecule has 0 fully saturated rings. The van der Waals surface area contributed by atoms with Crippen LogP contribution in [-0.4, -0.2) is 17.6 Å². The Morgan fingerprint density at radius 3 is 2.32 bits per heavy atom. The number of aromatic nitrogens is 1. The van der Waals surface area contributed by atoms with Gasteiger partial charge in [0.15, 0.2) is 0 Å². The molecule has 0 unspecified atom stereocenters. The number of pyridine rings is 1. The molecule has 22 heavy (non-hydrogen) atoms.